The summed E-state index contributed by atoms with van der Waals surface area (Å²) in [6, 6.07) is 11.9. The molecule has 0 saturated heterocycles. The molecule has 0 aliphatic heterocycles. The third kappa shape index (κ3) is 6.15. The zero-order valence-electron chi connectivity index (χ0n) is 12.7. The van der Waals surface area contributed by atoms with Crippen molar-refractivity contribution in [1.29, 1.82) is 0 Å². The van der Waals surface area contributed by atoms with Crippen molar-refractivity contribution >= 4 is 98.5 Å². The van der Waals surface area contributed by atoms with Crippen molar-refractivity contribution < 1.29 is 9.47 Å². The highest BCUT2D eigenvalue weighted by Gasteiger charge is 2.15. The van der Waals surface area contributed by atoms with E-state index < -0.39 is 0 Å². The molecule has 2 aromatic rings. The van der Waals surface area contributed by atoms with E-state index in [1.54, 1.807) is 14.2 Å². The van der Waals surface area contributed by atoms with Crippen LogP contribution in [0.4, 0.5) is 0 Å². The summed E-state index contributed by atoms with van der Waals surface area (Å²) in [6.07, 6.45) is 0. The lowest BCUT2D eigenvalue weighted by Crippen LogP contribution is -2.07. The number of hydrogen-bond donors (Lipinski definition) is 0. The molecular formula is C14H16Al4O2P2. The molecule has 0 N–H and O–H groups in total. The maximum atomic E-state index is 5.46. The van der Waals surface area contributed by atoms with E-state index in [1.807, 2.05) is 36.4 Å². The SMILES string of the molecule is COc1cccc(P)c1-c1c(P)cccc1OC.[Al].[Al].[Al].[Al]. The molecule has 0 fully saturated rings. The van der Waals surface area contributed by atoms with Gasteiger partial charge in [-0.25, -0.2) is 0 Å². The van der Waals surface area contributed by atoms with Crippen molar-refractivity contribution in [2.24, 2.45) is 0 Å². The Hall–Kier alpha value is 1.03. The zero-order valence-corrected chi connectivity index (χ0v) is 19.7. The van der Waals surface area contributed by atoms with E-state index in [0.29, 0.717) is 0 Å². The molecule has 2 nitrogen and oxygen atoms in total. The molecule has 22 heavy (non-hydrogen) atoms. The second-order valence-corrected chi connectivity index (χ2v) is 5.09. The van der Waals surface area contributed by atoms with E-state index in [-0.39, 0.29) is 69.4 Å². The van der Waals surface area contributed by atoms with Gasteiger partial charge in [0, 0.05) is 80.6 Å². The van der Waals surface area contributed by atoms with Gasteiger partial charge < -0.3 is 9.47 Å². The fraction of sp³-hybridized carbons (Fsp3) is 0.143. The fourth-order valence-electron chi connectivity index (χ4n) is 1.97. The molecule has 2 aromatic carbocycles. The minimum absolute atomic E-state index is 0. The zero-order chi connectivity index (χ0) is 13.1. The number of methoxy groups -OCH3 is 2. The van der Waals surface area contributed by atoms with Crippen molar-refractivity contribution in [2.75, 3.05) is 14.2 Å². The second-order valence-electron chi connectivity index (χ2n) is 3.85. The topological polar surface area (TPSA) is 18.5 Å². The van der Waals surface area contributed by atoms with Crippen LogP contribution in [0.25, 0.3) is 11.1 Å². The number of ether oxygens (including phenoxy) is 2. The molecule has 2 atom stereocenters. The van der Waals surface area contributed by atoms with Gasteiger partial charge in [-0.1, -0.05) is 24.3 Å². The Kier molecular flexibility index (Phi) is 16.9. The summed E-state index contributed by atoms with van der Waals surface area (Å²) in [6.45, 7) is 0. The quantitative estimate of drug-likeness (QED) is 0.576. The number of benzene rings is 2. The Morgan fingerprint density at radius 2 is 0.955 bits per heavy atom. The van der Waals surface area contributed by atoms with Gasteiger partial charge in [-0.2, -0.15) is 0 Å². The maximum Gasteiger partial charge on any atom is 0.127 e. The first-order valence-corrected chi connectivity index (χ1v) is 6.69. The number of rotatable bonds is 3. The Balaban J connectivity index is -0.000000902. The average molecular weight is 386 g/mol. The van der Waals surface area contributed by atoms with Gasteiger partial charge in [-0.15, -0.1) is 18.5 Å². The monoisotopic (exact) mass is 386 g/mol. The van der Waals surface area contributed by atoms with E-state index in [4.69, 9.17) is 9.47 Å². The molecule has 0 spiro atoms. The Morgan fingerprint density at radius 1 is 0.636 bits per heavy atom. The first kappa shape index (κ1) is 27.9. The first-order valence-electron chi connectivity index (χ1n) is 5.54. The van der Waals surface area contributed by atoms with Gasteiger partial charge in [0.25, 0.3) is 0 Å². The van der Waals surface area contributed by atoms with Crippen molar-refractivity contribution in [2.45, 2.75) is 0 Å². The predicted molar refractivity (Wildman–Crippen MR) is 107 cm³/mol. The van der Waals surface area contributed by atoms with Crippen molar-refractivity contribution in [1.82, 2.24) is 0 Å². The van der Waals surface area contributed by atoms with Crippen LogP contribution < -0.4 is 20.1 Å². The molecule has 0 aliphatic rings. The average Bonchev–Trinajstić information content (AvgIpc) is 2.38. The van der Waals surface area contributed by atoms with Crippen molar-refractivity contribution in [3.63, 3.8) is 0 Å². The van der Waals surface area contributed by atoms with Crippen LogP contribution in [0.15, 0.2) is 36.4 Å². The van der Waals surface area contributed by atoms with Gasteiger partial charge in [0.1, 0.15) is 11.5 Å². The van der Waals surface area contributed by atoms with E-state index in [0.717, 1.165) is 33.2 Å². The molecule has 106 valence electrons. The molecular weight excluding hydrogens is 370 g/mol. The summed E-state index contributed by atoms with van der Waals surface area (Å²) in [5, 5.41) is 2.17. The summed E-state index contributed by atoms with van der Waals surface area (Å²) >= 11 is 0. The smallest absolute Gasteiger partial charge is 0.127 e. The Morgan fingerprint density at radius 3 is 1.23 bits per heavy atom. The molecule has 12 radical (unpaired) electrons. The van der Waals surface area contributed by atoms with Gasteiger partial charge >= 0.3 is 0 Å². The third-order valence-electron chi connectivity index (χ3n) is 2.81. The van der Waals surface area contributed by atoms with E-state index >= 15 is 0 Å². The summed E-state index contributed by atoms with van der Waals surface area (Å²) in [7, 11) is 8.85. The van der Waals surface area contributed by atoms with Crippen LogP contribution >= 0.6 is 18.5 Å². The lowest BCUT2D eigenvalue weighted by molar-refractivity contribution is 0.411. The molecule has 2 rings (SSSR count). The van der Waals surface area contributed by atoms with E-state index in [1.165, 1.54) is 0 Å². The van der Waals surface area contributed by atoms with Crippen molar-refractivity contribution in [3.8, 4) is 22.6 Å². The van der Waals surface area contributed by atoms with Gasteiger partial charge in [0.15, 0.2) is 0 Å². The lowest BCUT2D eigenvalue weighted by Gasteiger charge is -2.16. The maximum absolute atomic E-state index is 5.46. The normalized spacial score (nSPS) is 8.36. The summed E-state index contributed by atoms with van der Waals surface area (Å²) in [5.41, 5.74) is 2.10. The van der Waals surface area contributed by atoms with Crippen LogP contribution in [-0.4, -0.2) is 83.7 Å². The summed E-state index contributed by atoms with van der Waals surface area (Å²) in [4.78, 5) is 0. The predicted octanol–water partition coefficient (Wildman–Crippen LogP) is 0.848. The molecule has 0 bridgehead atoms. The second kappa shape index (κ2) is 13.3. The van der Waals surface area contributed by atoms with Crippen LogP contribution in [0.1, 0.15) is 0 Å². The fourth-order valence-corrected chi connectivity index (χ4v) is 2.77. The van der Waals surface area contributed by atoms with Gasteiger partial charge in [-0.3, -0.25) is 0 Å². The number of hydrogen-bond acceptors (Lipinski definition) is 2. The molecule has 0 aliphatic carbocycles. The highest BCUT2D eigenvalue weighted by Crippen LogP contribution is 2.35. The molecule has 0 heterocycles. The molecule has 0 saturated carbocycles. The molecule has 0 amide bonds. The van der Waals surface area contributed by atoms with Crippen molar-refractivity contribution in [3.05, 3.63) is 36.4 Å². The minimum Gasteiger partial charge on any atom is -0.496 e. The summed E-state index contributed by atoms with van der Waals surface area (Å²) < 4.78 is 10.9. The molecule has 0 aromatic heterocycles. The van der Waals surface area contributed by atoms with Gasteiger partial charge in [-0.05, 0) is 22.7 Å². The van der Waals surface area contributed by atoms with Crippen LogP contribution in [0.3, 0.4) is 0 Å². The minimum atomic E-state index is 0. The highest BCUT2D eigenvalue weighted by atomic mass is 31.0. The van der Waals surface area contributed by atoms with Crippen LogP contribution in [0, 0.1) is 0 Å². The van der Waals surface area contributed by atoms with Gasteiger partial charge in [0.05, 0.1) is 14.2 Å². The van der Waals surface area contributed by atoms with Crippen LogP contribution in [0.2, 0.25) is 0 Å². The Labute approximate surface area is 180 Å². The molecule has 8 heteroatoms. The standard InChI is InChI=1S/C14H16O2P2.4Al/c1-15-9-5-3-7-11(17)13(9)14-10(16-2)6-4-8-12(14)18;;;;/h3-8H,17-18H2,1-2H3;;;;. The third-order valence-corrected chi connectivity index (χ3v) is 3.77. The Bertz CT molecular complexity index is 531. The van der Waals surface area contributed by atoms with Gasteiger partial charge in [0.2, 0.25) is 0 Å². The van der Waals surface area contributed by atoms with E-state index in [2.05, 4.69) is 18.5 Å². The first-order chi connectivity index (χ1) is 8.69. The lowest BCUT2D eigenvalue weighted by atomic mass is 10.0. The highest BCUT2D eigenvalue weighted by molar-refractivity contribution is 7.29. The summed E-state index contributed by atoms with van der Waals surface area (Å²) in [5.74, 6) is 1.69. The van der Waals surface area contributed by atoms with Crippen LogP contribution in [0.5, 0.6) is 11.5 Å². The molecule has 2 unspecified atom stereocenters. The largest absolute Gasteiger partial charge is 0.496 e. The van der Waals surface area contributed by atoms with E-state index in [9.17, 15) is 0 Å². The van der Waals surface area contributed by atoms with Crippen LogP contribution in [-0.2, 0) is 0 Å².